The van der Waals surface area contributed by atoms with E-state index in [9.17, 15) is 5.53 Å². The number of unbranched alkanes of at least 4 members (excludes halogenated alkanes) is 70. The quantitative estimate of drug-likeness (QED) is 0.0273. The summed E-state index contributed by atoms with van der Waals surface area (Å²) in [6.45, 7) is 16.1. The van der Waals surface area contributed by atoms with Crippen LogP contribution in [0.4, 0.5) is 0 Å². The second-order valence-electron chi connectivity index (χ2n) is 35.7. The van der Waals surface area contributed by atoms with Gasteiger partial charge < -0.3 is 5.53 Å². The maximum absolute atomic E-state index is 12.7. The summed E-state index contributed by atoms with van der Waals surface area (Å²) in [5.41, 5.74) is 22.0. The van der Waals surface area contributed by atoms with Gasteiger partial charge in [-0.05, 0) is 116 Å². The van der Waals surface area contributed by atoms with E-state index in [-0.39, 0.29) is 0 Å². The zero-order valence-electron chi connectivity index (χ0n) is 78.2. The first-order valence-electron chi connectivity index (χ1n) is 51.8. The molecule has 0 radical (unpaired) electrons. The molecule has 2 aromatic rings. The first-order chi connectivity index (χ1) is 57.0. The summed E-state index contributed by atoms with van der Waals surface area (Å²) in [5.74, 6) is 7.31. The van der Waals surface area contributed by atoms with Crippen LogP contribution in [0.1, 0.15) is 576 Å². The smallest absolute Gasteiger partial charge is 0.0654 e. The van der Waals surface area contributed by atoms with Gasteiger partial charge >= 0.3 is 166 Å². The Morgan fingerprint density at radius 2 is 0.461 bits per heavy atom. The summed E-state index contributed by atoms with van der Waals surface area (Å²) >= 11 is 2.04. The monoisotopic (exact) mass is 1630 g/mol. The third-order valence-electron chi connectivity index (χ3n) is 24.2. The Balaban J connectivity index is 0.00000114. The molecule has 0 atom stereocenters. The predicted octanol–water partition coefficient (Wildman–Crippen LogP) is 40.6. The zero-order valence-corrected chi connectivity index (χ0v) is 79.2. The Hall–Kier alpha value is -3.47. The third kappa shape index (κ3) is 67.8. The molecule has 662 valence electrons. The van der Waals surface area contributed by atoms with Gasteiger partial charge in [-0.3, -0.25) is 0 Å². The van der Waals surface area contributed by atoms with Gasteiger partial charge in [-0.25, -0.2) is 4.70 Å². The van der Waals surface area contributed by atoms with Gasteiger partial charge in [0.15, 0.2) is 0 Å². The summed E-state index contributed by atoms with van der Waals surface area (Å²) in [6.07, 6.45) is 127. The summed E-state index contributed by atoms with van der Waals surface area (Å²) in [7, 11) is 0. The fraction of sp³-hybridized carbons (Fsp3) is 0.768. The molecule has 1 heterocycles. The minimum absolute atomic E-state index is 0.798. The second kappa shape index (κ2) is 86.9. The third-order valence-corrected chi connectivity index (χ3v) is 25.6. The first kappa shape index (κ1) is 108. The van der Waals surface area contributed by atoms with Crippen LogP contribution in [-0.2, 0) is 14.4 Å². The Bertz CT molecular complexity index is 2580. The Morgan fingerprint density at radius 1 is 0.252 bits per heavy atom. The van der Waals surface area contributed by atoms with Crippen LogP contribution in [0.3, 0.4) is 0 Å². The van der Waals surface area contributed by atoms with Crippen molar-refractivity contribution >= 4 is 35.7 Å². The molecule has 2 aromatic carbocycles. The first-order valence-corrected chi connectivity index (χ1v) is 53.2. The van der Waals surface area contributed by atoms with Crippen molar-refractivity contribution in [3.8, 4) is 11.8 Å². The normalized spacial score (nSPS) is 12.5. The molecule has 1 aliphatic heterocycles. The molecule has 1 aliphatic rings. The van der Waals surface area contributed by atoms with E-state index in [0.717, 1.165) is 66.6 Å². The van der Waals surface area contributed by atoms with Crippen LogP contribution in [-0.4, -0.2) is 4.70 Å². The average molecular weight is 1630 g/mol. The fourth-order valence-electron chi connectivity index (χ4n) is 16.6. The number of benzene rings is 2. The fourth-order valence-corrected chi connectivity index (χ4v) is 17.8. The number of rotatable bonds is 84. The topological polar surface area (TPSA) is 25.3 Å². The van der Waals surface area contributed by atoms with Crippen molar-refractivity contribution in [2.24, 2.45) is 0 Å². The molecule has 3 rings (SSSR count). The van der Waals surface area contributed by atoms with Gasteiger partial charge in [0, 0.05) is 23.6 Å². The van der Waals surface area contributed by atoms with Crippen LogP contribution in [0.5, 0.6) is 0 Å². The van der Waals surface area contributed by atoms with Crippen LogP contribution in [0.25, 0.3) is 41.2 Å². The van der Waals surface area contributed by atoms with Crippen LogP contribution in [0.15, 0.2) is 72.4 Å². The second-order valence-corrected chi connectivity index (χ2v) is 37.1. The van der Waals surface area contributed by atoms with Crippen molar-refractivity contribution in [3.63, 3.8) is 0 Å². The number of hydrogen-bond acceptors (Lipinski definition) is 0. The van der Waals surface area contributed by atoms with Crippen LogP contribution >= 0.6 is 0 Å². The molecule has 0 saturated heterocycles. The van der Waals surface area contributed by atoms with E-state index < -0.39 is 0 Å². The van der Waals surface area contributed by atoms with Gasteiger partial charge in [0.05, 0.1) is 0 Å². The molecule has 0 fully saturated rings. The van der Waals surface area contributed by atoms with E-state index in [2.05, 4.69) is 151 Å². The van der Waals surface area contributed by atoms with E-state index in [1.54, 1.807) is 0 Å². The molecule has 0 saturated carbocycles. The molecule has 0 aliphatic carbocycles. The van der Waals surface area contributed by atoms with Crippen molar-refractivity contribution in [2.45, 2.75) is 554 Å². The van der Waals surface area contributed by atoms with E-state index in [1.807, 2.05) is 14.4 Å². The molecule has 115 heavy (non-hydrogen) atoms. The van der Waals surface area contributed by atoms with Gasteiger partial charge in [-0.15, -0.1) is 0 Å². The van der Waals surface area contributed by atoms with E-state index >= 15 is 0 Å². The summed E-state index contributed by atoms with van der Waals surface area (Å²) in [4.78, 5) is 0. The number of allylic oxidation sites excluding steroid dienone is 6. The van der Waals surface area contributed by atoms with Crippen molar-refractivity contribution in [3.05, 3.63) is 111 Å². The molecular formula is C112H194N2Ni. The Labute approximate surface area is 726 Å². The summed E-state index contributed by atoms with van der Waals surface area (Å²) in [6, 6.07) is 13.8. The van der Waals surface area contributed by atoms with Crippen molar-refractivity contribution in [1.82, 2.24) is 0 Å². The minimum Gasteiger partial charge on any atom is -0.0654 e. The Morgan fingerprint density at radius 3 is 0.704 bits per heavy atom. The SMILES string of the molecule is CCCCCCCCC=Cc1cc(C=CCCCCCCCC)cc(C2=CC(C#CCCCCCCCCCCCCCCCCCCCCCC)=C(c3cc(C=CCCCCCCCC)cc(C=CCCCCCCCC)c3)[N+]2=[N-])c1.CCCCCCCCCCCCCCC[CH2][Ni][CH2]CCCCCCCCCCCCCCC. The number of nitrogens with zero attached hydrogens (tertiary/aromatic N) is 2. The van der Waals surface area contributed by atoms with Gasteiger partial charge in [-0.2, -0.15) is 0 Å². The molecule has 0 bridgehead atoms. The number of hydrogen-bond donors (Lipinski definition) is 0. The maximum atomic E-state index is 12.7. The predicted molar refractivity (Wildman–Crippen MR) is 520 cm³/mol. The Kier molecular flexibility index (Phi) is 81.3. The average Bonchev–Trinajstić information content (AvgIpc) is 1.64. The summed E-state index contributed by atoms with van der Waals surface area (Å²) < 4.78 is 1.48. The van der Waals surface area contributed by atoms with Gasteiger partial charge in [0.1, 0.15) is 5.57 Å². The molecule has 2 nitrogen and oxygen atoms in total. The molecule has 0 N–H and O–H groups in total. The molecule has 0 spiro atoms. The van der Waals surface area contributed by atoms with Crippen molar-refractivity contribution in [1.29, 1.82) is 0 Å². The van der Waals surface area contributed by atoms with E-state index in [0.29, 0.717) is 0 Å². The van der Waals surface area contributed by atoms with Crippen LogP contribution in [0.2, 0.25) is 10.8 Å². The summed E-state index contributed by atoms with van der Waals surface area (Å²) in [5, 5.41) is 2.87. The van der Waals surface area contributed by atoms with Gasteiger partial charge in [-0.1, -0.05) is 398 Å². The molecule has 0 unspecified atom stereocenters. The van der Waals surface area contributed by atoms with Crippen molar-refractivity contribution in [2.75, 3.05) is 0 Å². The molecule has 3 heteroatoms. The van der Waals surface area contributed by atoms with E-state index in [4.69, 9.17) is 0 Å². The van der Waals surface area contributed by atoms with Crippen LogP contribution in [0, 0.1) is 11.8 Å². The molecule has 0 aromatic heterocycles. The molecular weight excluding hydrogens is 1430 g/mol. The standard InChI is InChI=1S/C80H128N2.2C16H33.Ni/c1-6-11-16-21-26-31-32-33-34-35-36-37-38-39-40-41-42-43-44-49-54-59-64-76-71-79(77-67-72(60-55-50-45-27-22-17-12-7-2)65-73(68-77)61-56-51-46-28-23-18-13-8-3)82(81)80(76)78-69-74(62-57-52-47-29-24-19-14-9-4)66-75(70-78)63-58-53-48-30-25-20-15-10-5;2*1-3-5-7-9-11-13-15-16-14-12-10-8-6-4-2;/h55-58,60-63,65-71H,6-54H2,1-5H3;2*1,3-16H2,2H3;. The molecule has 0 amide bonds. The van der Waals surface area contributed by atoms with Gasteiger partial charge in [0.25, 0.3) is 0 Å². The minimum atomic E-state index is 0.798. The van der Waals surface area contributed by atoms with Crippen molar-refractivity contribution < 1.29 is 19.1 Å². The van der Waals surface area contributed by atoms with Gasteiger partial charge in [0.2, 0.25) is 11.4 Å². The van der Waals surface area contributed by atoms with Crippen LogP contribution < -0.4 is 0 Å². The zero-order chi connectivity index (χ0) is 82.4. The van der Waals surface area contributed by atoms with E-state index in [1.165, 1.54) is 494 Å².